The second-order valence-corrected chi connectivity index (χ2v) is 3.32. The molecule has 0 radical (unpaired) electrons. The van der Waals surface area contributed by atoms with Gasteiger partial charge in [-0.25, -0.2) is 9.59 Å². The lowest BCUT2D eigenvalue weighted by molar-refractivity contribution is -0.122. The van der Waals surface area contributed by atoms with Gasteiger partial charge >= 0.3 is 12.1 Å². The van der Waals surface area contributed by atoms with E-state index < -0.39 is 12.1 Å². The average molecular weight is 316 g/mol. The van der Waals surface area contributed by atoms with Gasteiger partial charge in [0.2, 0.25) is 0 Å². The number of carboxylic acid groups (broad SMARTS) is 1. The molecule has 0 atom stereocenters. The third-order valence-corrected chi connectivity index (χ3v) is 1.90. The van der Waals surface area contributed by atoms with Gasteiger partial charge in [-0.3, -0.25) is 4.79 Å². The van der Waals surface area contributed by atoms with Gasteiger partial charge in [0.15, 0.2) is 0 Å². The van der Waals surface area contributed by atoms with Gasteiger partial charge < -0.3 is 19.3 Å². The molecule has 22 heavy (non-hydrogen) atoms. The van der Waals surface area contributed by atoms with Crippen LogP contribution >= 0.6 is 0 Å². The molecule has 7 heteroatoms. The molecule has 0 spiro atoms. The molecule has 0 fully saturated rings. The molecule has 0 saturated carbocycles. The van der Waals surface area contributed by atoms with Crippen LogP contribution in [0, 0.1) is 0 Å². The monoisotopic (exact) mass is 316 g/mol. The number of rotatable bonds is 4. The van der Waals surface area contributed by atoms with E-state index in [1.54, 1.807) is 0 Å². The van der Waals surface area contributed by atoms with E-state index in [9.17, 15) is 9.59 Å². The number of esters is 1. The van der Waals surface area contributed by atoms with Gasteiger partial charge in [-0.05, 0) is 30.7 Å². The highest BCUT2D eigenvalue weighted by Gasteiger charge is 2.08. The normalized spacial score (nSPS) is 7.91. The Hall–Kier alpha value is -2.57. The Kier molecular flexibility index (Phi) is 16.5. The van der Waals surface area contributed by atoms with Crippen LogP contribution in [0.4, 0.5) is 4.79 Å². The summed E-state index contributed by atoms with van der Waals surface area (Å²) in [5.41, 5.74) is 0.413. The first-order valence-electron chi connectivity index (χ1n) is 5.69. The van der Waals surface area contributed by atoms with E-state index in [2.05, 4.69) is 4.74 Å². The molecule has 0 aromatic heterocycles. The van der Waals surface area contributed by atoms with Crippen molar-refractivity contribution in [3.05, 3.63) is 29.8 Å². The smallest absolute Gasteiger partial charge is 0.483 e. The number of methoxy groups -OCH3 is 1. The van der Waals surface area contributed by atoms with Crippen LogP contribution in [0.5, 0.6) is 5.75 Å². The molecule has 1 aromatic rings. The first-order chi connectivity index (χ1) is 9.58. The number of hydrogen-bond acceptors (Lipinski definition) is 6. The molecular formula is C15H24O7. The highest BCUT2D eigenvalue weighted by molar-refractivity contribution is 5.89. The Labute approximate surface area is 130 Å². The van der Waals surface area contributed by atoms with Crippen molar-refractivity contribution in [1.29, 1.82) is 0 Å². The van der Waals surface area contributed by atoms with Gasteiger partial charge in [-0.15, -0.1) is 0 Å². The van der Waals surface area contributed by atoms with Crippen LogP contribution in [-0.4, -0.2) is 37.4 Å². The summed E-state index contributed by atoms with van der Waals surface area (Å²) < 4.78 is 14.0. The van der Waals surface area contributed by atoms with Crippen LogP contribution in [0.15, 0.2) is 24.3 Å². The fraction of sp³-hybridized carbons (Fsp3) is 0.400. The largest absolute Gasteiger partial charge is 0.513 e. The minimum Gasteiger partial charge on any atom is -0.483 e. The predicted molar refractivity (Wildman–Crippen MR) is 82.2 cm³/mol. The predicted octanol–water partition coefficient (Wildman–Crippen LogP) is 3.37. The van der Waals surface area contributed by atoms with Crippen molar-refractivity contribution < 1.29 is 33.7 Å². The second kappa shape index (κ2) is 14.8. The molecule has 1 rings (SSSR count). The molecule has 0 amide bonds. The van der Waals surface area contributed by atoms with E-state index in [0.717, 1.165) is 6.42 Å². The van der Waals surface area contributed by atoms with Crippen LogP contribution in [-0.2, 0) is 14.3 Å². The zero-order valence-electron chi connectivity index (χ0n) is 11.2. The molecule has 0 aliphatic rings. The molecular weight excluding hydrogens is 292 g/mol. The summed E-state index contributed by atoms with van der Waals surface area (Å²) in [5.74, 6) is -0.0830. The Balaban J connectivity index is -0.000000666. The number of carbonyl (C=O) groups is 3. The molecule has 0 unspecified atom stereocenters. The second-order valence-electron chi connectivity index (χ2n) is 3.32. The first kappa shape index (κ1) is 24.4. The Morgan fingerprint density at radius 2 is 1.68 bits per heavy atom. The summed E-state index contributed by atoms with van der Waals surface area (Å²) in [5, 5.41) is 6.89. The highest BCUT2D eigenvalue weighted by atomic mass is 16.7. The molecule has 7 nitrogen and oxygen atoms in total. The third kappa shape index (κ3) is 10.2. The Bertz CT molecular complexity index is 426. The minimum absolute atomic E-state index is 0. The lowest BCUT2D eigenvalue weighted by Crippen LogP contribution is -2.08. The Morgan fingerprint density at radius 1 is 1.18 bits per heavy atom. The van der Waals surface area contributed by atoms with E-state index in [-0.39, 0.29) is 21.3 Å². The van der Waals surface area contributed by atoms with E-state index in [0.29, 0.717) is 17.9 Å². The maximum absolute atomic E-state index is 11.4. The summed E-state index contributed by atoms with van der Waals surface area (Å²) >= 11 is 0. The van der Waals surface area contributed by atoms with Crippen molar-refractivity contribution in [3.63, 3.8) is 0 Å². The average Bonchev–Trinajstić information content (AvgIpc) is 2.46. The molecule has 1 aromatic carbocycles. The van der Waals surface area contributed by atoms with Crippen LogP contribution in [0.3, 0.4) is 0 Å². The van der Waals surface area contributed by atoms with Crippen molar-refractivity contribution in [2.24, 2.45) is 0 Å². The van der Waals surface area contributed by atoms with Crippen molar-refractivity contribution in [1.82, 2.24) is 0 Å². The van der Waals surface area contributed by atoms with Crippen molar-refractivity contribution >= 4 is 18.6 Å². The van der Waals surface area contributed by atoms with Gasteiger partial charge in [-0.2, -0.15) is 0 Å². The van der Waals surface area contributed by atoms with Crippen LogP contribution in [0.2, 0.25) is 0 Å². The summed E-state index contributed by atoms with van der Waals surface area (Å²) in [6, 6.07) is 6.05. The topological polar surface area (TPSA) is 99.1 Å². The fourth-order valence-electron chi connectivity index (χ4n) is 1.08. The number of carbonyl (C=O) groups excluding carboxylic acids is 2. The number of ether oxygens (including phenoxy) is 3. The third-order valence-electron chi connectivity index (χ3n) is 1.90. The quantitative estimate of drug-likeness (QED) is 0.516. The lowest BCUT2D eigenvalue weighted by atomic mass is 10.2. The van der Waals surface area contributed by atoms with E-state index in [4.69, 9.17) is 19.4 Å². The molecule has 126 valence electrons. The first-order valence-corrected chi connectivity index (χ1v) is 5.69. The van der Waals surface area contributed by atoms with Gasteiger partial charge in [-0.1, -0.05) is 21.8 Å². The molecule has 0 aliphatic carbocycles. The minimum atomic E-state index is -0.800. The number of hydrogen-bond donors (Lipinski definition) is 1. The molecule has 0 aliphatic heterocycles. The van der Waals surface area contributed by atoms with E-state index in [1.165, 1.54) is 31.4 Å². The Morgan fingerprint density at radius 3 is 2.09 bits per heavy atom. The van der Waals surface area contributed by atoms with Gasteiger partial charge in [0.05, 0.1) is 19.3 Å². The van der Waals surface area contributed by atoms with E-state index in [1.807, 2.05) is 6.92 Å². The van der Waals surface area contributed by atoms with Crippen molar-refractivity contribution in [2.45, 2.75) is 28.2 Å². The zero-order chi connectivity index (χ0) is 15.4. The maximum Gasteiger partial charge on any atom is 0.513 e. The van der Waals surface area contributed by atoms with Crippen molar-refractivity contribution in [3.8, 4) is 5.75 Å². The van der Waals surface area contributed by atoms with Crippen LogP contribution < -0.4 is 4.74 Å². The van der Waals surface area contributed by atoms with Gasteiger partial charge in [0.25, 0.3) is 6.47 Å². The summed E-state index contributed by atoms with van der Waals surface area (Å²) in [7, 11) is 1.22. The van der Waals surface area contributed by atoms with E-state index >= 15 is 0 Å². The standard InChI is InChI=1S/C12H14O5.CH2O2.2CH4/c1-3-8-16-11(13)9-4-6-10(7-5-9)17-12(14)15-2;2-1-3;;/h4-7H,3,8H2,1-2H3;1H,(H,2,3);2*1H4. The van der Waals surface area contributed by atoms with Gasteiger partial charge in [0, 0.05) is 0 Å². The number of benzene rings is 1. The van der Waals surface area contributed by atoms with Crippen LogP contribution in [0.25, 0.3) is 0 Å². The zero-order valence-corrected chi connectivity index (χ0v) is 11.2. The molecule has 0 saturated heterocycles. The maximum atomic E-state index is 11.4. The SMILES string of the molecule is C.C.CCCOC(=O)c1ccc(OC(=O)OC)cc1.O=CO. The lowest BCUT2D eigenvalue weighted by Gasteiger charge is -2.04. The van der Waals surface area contributed by atoms with Crippen molar-refractivity contribution in [2.75, 3.05) is 13.7 Å². The summed E-state index contributed by atoms with van der Waals surface area (Å²) in [4.78, 5) is 30.6. The molecule has 0 heterocycles. The summed E-state index contributed by atoms with van der Waals surface area (Å²) in [6.45, 7) is 2.06. The van der Waals surface area contributed by atoms with Gasteiger partial charge in [0.1, 0.15) is 5.75 Å². The summed E-state index contributed by atoms with van der Waals surface area (Å²) in [6.07, 6.45) is -0.0266. The molecule has 0 bridgehead atoms. The highest BCUT2D eigenvalue weighted by Crippen LogP contribution is 2.13. The fourth-order valence-corrected chi connectivity index (χ4v) is 1.08. The molecule has 1 N–H and O–H groups in total. The van der Waals surface area contributed by atoms with Crippen LogP contribution in [0.1, 0.15) is 38.6 Å².